The zero-order chi connectivity index (χ0) is 12.2. The van der Waals surface area contributed by atoms with Gasteiger partial charge in [-0.05, 0) is 6.42 Å². The molecule has 0 aliphatic heterocycles. The van der Waals surface area contributed by atoms with Gasteiger partial charge in [-0.25, -0.2) is 8.42 Å². The Morgan fingerprint density at radius 3 is 2.69 bits per heavy atom. The lowest BCUT2D eigenvalue weighted by Gasteiger charge is -2.07. The number of nitrogens with zero attached hydrogens (tertiary/aromatic N) is 2. The molecule has 0 spiro atoms. The first kappa shape index (κ1) is 13.0. The Hall–Kier alpha value is -1.04. The minimum atomic E-state index is -2.94. The van der Waals surface area contributed by atoms with Crippen LogP contribution in [0.1, 0.15) is 26.0 Å². The molecular formula is C10H19N3O2S. The minimum absolute atomic E-state index is 0.126. The Kier molecular flexibility index (Phi) is 4.35. The van der Waals surface area contributed by atoms with Crippen LogP contribution in [0.4, 0.5) is 5.69 Å². The number of nitrogen functional groups attached to an aromatic ring is 1. The third-order valence-corrected chi connectivity index (χ3v) is 4.21. The van der Waals surface area contributed by atoms with Crippen molar-refractivity contribution in [2.75, 3.05) is 17.2 Å². The molecule has 0 saturated carbocycles. The van der Waals surface area contributed by atoms with Gasteiger partial charge in [-0.2, -0.15) is 5.10 Å². The summed E-state index contributed by atoms with van der Waals surface area (Å²) in [6, 6.07) is 0. The van der Waals surface area contributed by atoms with Gasteiger partial charge in [-0.1, -0.05) is 20.3 Å². The Morgan fingerprint density at radius 2 is 2.12 bits per heavy atom. The first-order valence-electron chi connectivity index (χ1n) is 5.50. The van der Waals surface area contributed by atoms with Gasteiger partial charge in [0.25, 0.3) is 0 Å². The van der Waals surface area contributed by atoms with Crippen molar-refractivity contribution in [1.29, 1.82) is 0 Å². The predicted octanol–water partition coefficient (Wildman–Crippen LogP) is 0.852. The van der Waals surface area contributed by atoms with Crippen molar-refractivity contribution in [2.45, 2.75) is 33.2 Å². The smallest absolute Gasteiger partial charge is 0.151 e. The van der Waals surface area contributed by atoms with Gasteiger partial charge in [0.1, 0.15) is 0 Å². The van der Waals surface area contributed by atoms with Crippen LogP contribution in [0.25, 0.3) is 0 Å². The van der Waals surface area contributed by atoms with Crippen LogP contribution in [0.3, 0.4) is 0 Å². The molecule has 0 fully saturated rings. The van der Waals surface area contributed by atoms with Crippen molar-refractivity contribution in [3.8, 4) is 0 Å². The molecule has 0 saturated heterocycles. The van der Waals surface area contributed by atoms with Crippen LogP contribution in [-0.2, 0) is 22.8 Å². The van der Waals surface area contributed by atoms with Gasteiger partial charge in [-0.15, -0.1) is 0 Å². The van der Waals surface area contributed by atoms with E-state index < -0.39 is 9.84 Å². The van der Waals surface area contributed by atoms with Crippen molar-refractivity contribution in [3.63, 3.8) is 0 Å². The van der Waals surface area contributed by atoms with Gasteiger partial charge >= 0.3 is 0 Å². The SMILES string of the molecule is CCCc1c(N)cnn1CCS(=O)(=O)CC. The van der Waals surface area contributed by atoms with E-state index in [1.54, 1.807) is 17.8 Å². The second-order valence-electron chi connectivity index (χ2n) is 3.76. The van der Waals surface area contributed by atoms with Crippen LogP contribution in [0.5, 0.6) is 0 Å². The number of anilines is 1. The van der Waals surface area contributed by atoms with Gasteiger partial charge in [0.2, 0.25) is 0 Å². The third kappa shape index (κ3) is 3.23. The van der Waals surface area contributed by atoms with E-state index in [0.29, 0.717) is 12.2 Å². The summed E-state index contributed by atoms with van der Waals surface area (Å²) in [5.41, 5.74) is 7.35. The van der Waals surface area contributed by atoms with E-state index in [2.05, 4.69) is 12.0 Å². The maximum atomic E-state index is 11.4. The minimum Gasteiger partial charge on any atom is -0.396 e. The molecule has 0 atom stereocenters. The lowest BCUT2D eigenvalue weighted by Crippen LogP contribution is -2.17. The van der Waals surface area contributed by atoms with E-state index >= 15 is 0 Å². The Bertz CT molecular complexity index is 437. The highest BCUT2D eigenvalue weighted by Crippen LogP contribution is 2.13. The van der Waals surface area contributed by atoms with Gasteiger partial charge in [-0.3, -0.25) is 4.68 Å². The molecule has 92 valence electrons. The molecule has 1 aromatic rings. The van der Waals surface area contributed by atoms with E-state index in [1.165, 1.54) is 0 Å². The summed E-state index contributed by atoms with van der Waals surface area (Å²) in [4.78, 5) is 0. The molecule has 1 rings (SSSR count). The Morgan fingerprint density at radius 1 is 1.44 bits per heavy atom. The molecular weight excluding hydrogens is 226 g/mol. The average Bonchev–Trinajstić information content (AvgIpc) is 2.59. The van der Waals surface area contributed by atoms with E-state index in [1.807, 2.05) is 0 Å². The van der Waals surface area contributed by atoms with E-state index in [-0.39, 0.29) is 11.5 Å². The summed E-state index contributed by atoms with van der Waals surface area (Å²) in [7, 11) is -2.94. The molecule has 2 N–H and O–H groups in total. The average molecular weight is 245 g/mol. The normalized spacial score (nSPS) is 11.9. The first-order chi connectivity index (χ1) is 7.50. The number of hydrogen-bond acceptors (Lipinski definition) is 4. The fraction of sp³-hybridized carbons (Fsp3) is 0.700. The highest BCUT2D eigenvalue weighted by molar-refractivity contribution is 7.91. The molecule has 0 aromatic carbocycles. The zero-order valence-electron chi connectivity index (χ0n) is 9.81. The second-order valence-corrected chi connectivity index (χ2v) is 6.23. The summed E-state index contributed by atoms with van der Waals surface area (Å²) in [5, 5.41) is 4.10. The van der Waals surface area contributed by atoms with Crippen molar-refractivity contribution >= 4 is 15.5 Å². The quantitative estimate of drug-likeness (QED) is 0.806. The number of nitrogens with two attached hydrogens (primary N) is 1. The fourth-order valence-corrected chi connectivity index (χ4v) is 2.24. The van der Waals surface area contributed by atoms with Crippen LogP contribution in [0.15, 0.2) is 6.20 Å². The number of rotatable bonds is 6. The Balaban J connectivity index is 2.74. The molecule has 0 amide bonds. The lowest BCUT2D eigenvalue weighted by molar-refractivity contribution is 0.573. The van der Waals surface area contributed by atoms with Crippen LogP contribution in [0, 0.1) is 0 Å². The molecule has 1 aromatic heterocycles. The van der Waals surface area contributed by atoms with Crippen LogP contribution < -0.4 is 5.73 Å². The maximum absolute atomic E-state index is 11.4. The third-order valence-electron chi connectivity index (χ3n) is 2.52. The van der Waals surface area contributed by atoms with E-state index in [0.717, 1.165) is 18.5 Å². The highest BCUT2D eigenvalue weighted by Gasteiger charge is 2.11. The number of aromatic nitrogens is 2. The largest absolute Gasteiger partial charge is 0.396 e. The Labute approximate surface area is 96.6 Å². The van der Waals surface area contributed by atoms with Crippen molar-refractivity contribution in [3.05, 3.63) is 11.9 Å². The summed E-state index contributed by atoms with van der Waals surface area (Å²) in [6.07, 6.45) is 3.39. The van der Waals surface area contributed by atoms with Crippen molar-refractivity contribution in [2.24, 2.45) is 0 Å². The van der Waals surface area contributed by atoms with Gasteiger partial charge in [0.15, 0.2) is 9.84 Å². The number of sulfone groups is 1. The summed E-state index contributed by atoms with van der Waals surface area (Å²) in [5.74, 6) is 0.300. The first-order valence-corrected chi connectivity index (χ1v) is 7.33. The monoisotopic (exact) mass is 245 g/mol. The van der Waals surface area contributed by atoms with Gasteiger partial charge in [0, 0.05) is 5.75 Å². The second kappa shape index (κ2) is 5.34. The topological polar surface area (TPSA) is 78.0 Å². The molecule has 0 radical (unpaired) electrons. The molecule has 16 heavy (non-hydrogen) atoms. The summed E-state index contributed by atoms with van der Waals surface area (Å²) in [6.45, 7) is 4.10. The summed E-state index contributed by atoms with van der Waals surface area (Å²) < 4.78 is 24.5. The number of hydrogen-bond donors (Lipinski definition) is 1. The fourth-order valence-electron chi connectivity index (χ4n) is 1.50. The molecule has 0 aliphatic carbocycles. The van der Waals surface area contributed by atoms with Crippen molar-refractivity contribution < 1.29 is 8.42 Å². The highest BCUT2D eigenvalue weighted by atomic mass is 32.2. The predicted molar refractivity (Wildman–Crippen MR) is 65.0 cm³/mol. The standard InChI is InChI=1S/C10H19N3O2S/c1-3-5-10-9(11)8-12-13(10)6-7-16(14,15)4-2/h8H,3-7,11H2,1-2H3. The molecule has 0 unspecified atom stereocenters. The summed E-state index contributed by atoms with van der Waals surface area (Å²) >= 11 is 0. The molecule has 1 heterocycles. The molecule has 0 bridgehead atoms. The van der Waals surface area contributed by atoms with Crippen LogP contribution in [0.2, 0.25) is 0 Å². The van der Waals surface area contributed by atoms with E-state index in [4.69, 9.17) is 5.73 Å². The number of aryl methyl sites for hydroxylation is 1. The lowest BCUT2D eigenvalue weighted by atomic mass is 10.2. The van der Waals surface area contributed by atoms with E-state index in [9.17, 15) is 8.42 Å². The molecule has 0 aliphatic rings. The maximum Gasteiger partial charge on any atom is 0.151 e. The zero-order valence-corrected chi connectivity index (χ0v) is 10.6. The van der Waals surface area contributed by atoms with Crippen LogP contribution in [-0.4, -0.2) is 29.7 Å². The molecule has 6 heteroatoms. The van der Waals surface area contributed by atoms with Gasteiger partial charge < -0.3 is 5.73 Å². The van der Waals surface area contributed by atoms with Gasteiger partial charge in [0.05, 0.1) is 29.9 Å². The molecule has 5 nitrogen and oxygen atoms in total. The van der Waals surface area contributed by atoms with Crippen LogP contribution >= 0.6 is 0 Å². The van der Waals surface area contributed by atoms with Crippen molar-refractivity contribution in [1.82, 2.24) is 9.78 Å².